The standard InChI is InChI=1S/C15H31NO/c1-6-9-13(5)16-15(17)11-10-14(8-3)12(4)7-2/h12-14H,6-11H2,1-5H3,(H,16,17). The maximum atomic E-state index is 11.7. The maximum Gasteiger partial charge on any atom is 0.220 e. The molecule has 0 spiro atoms. The van der Waals surface area contributed by atoms with Gasteiger partial charge in [0.2, 0.25) is 5.91 Å². The third-order valence-electron chi connectivity index (χ3n) is 3.84. The first kappa shape index (κ1) is 16.5. The van der Waals surface area contributed by atoms with E-state index in [0.29, 0.717) is 18.4 Å². The molecule has 0 heterocycles. The molecule has 0 aliphatic heterocycles. The number of amides is 1. The van der Waals surface area contributed by atoms with E-state index in [4.69, 9.17) is 0 Å². The molecule has 0 aromatic rings. The Labute approximate surface area is 108 Å². The largest absolute Gasteiger partial charge is 0.354 e. The van der Waals surface area contributed by atoms with E-state index < -0.39 is 0 Å². The van der Waals surface area contributed by atoms with Crippen LogP contribution in [0.3, 0.4) is 0 Å². The zero-order chi connectivity index (χ0) is 13.3. The Morgan fingerprint density at radius 3 is 2.18 bits per heavy atom. The molecule has 1 N–H and O–H groups in total. The predicted octanol–water partition coefficient (Wildman–Crippen LogP) is 4.14. The van der Waals surface area contributed by atoms with Gasteiger partial charge in [-0.3, -0.25) is 4.79 Å². The van der Waals surface area contributed by atoms with E-state index in [0.717, 1.165) is 25.2 Å². The summed E-state index contributed by atoms with van der Waals surface area (Å²) in [5.74, 6) is 1.67. The SMILES string of the molecule is CCCC(C)NC(=O)CCC(CC)C(C)CC. The lowest BCUT2D eigenvalue weighted by atomic mass is 9.86. The molecule has 2 heteroatoms. The minimum atomic E-state index is 0.229. The first-order chi connectivity index (χ1) is 8.04. The average Bonchev–Trinajstić information content (AvgIpc) is 2.29. The highest BCUT2D eigenvalue weighted by atomic mass is 16.1. The van der Waals surface area contributed by atoms with E-state index in [9.17, 15) is 4.79 Å². The van der Waals surface area contributed by atoms with Gasteiger partial charge >= 0.3 is 0 Å². The van der Waals surface area contributed by atoms with Crippen molar-refractivity contribution in [2.45, 2.75) is 79.2 Å². The second-order valence-electron chi connectivity index (χ2n) is 5.35. The lowest BCUT2D eigenvalue weighted by molar-refractivity contribution is -0.122. The predicted molar refractivity (Wildman–Crippen MR) is 75.0 cm³/mol. The molecule has 0 aliphatic carbocycles. The Balaban J connectivity index is 3.88. The number of rotatable bonds is 9. The fourth-order valence-electron chi connectivity index (χ4n) is 2.39. The van der Waals surface area contributed by atoms with Gasteiger partial charge < -0.3 is 5.32 Å². The fourth-order valence-corrected chi connectivity index (χ4v) is 2.39. The normalized spacial score (nSPS) is 16.3. The van der Waals surface area contributed by atoms with E-state index in [-0.39, 0.29) is 5.91 Å². The van der Waals surface area contributed by atoms with Gasteiger partial charge in [0.05, 0.1) is 0 Å². The van der Waals surface area contributed by atoms with Crippen molar-refractivity contribution in [3.8, 4) is 0 Å². The van der Waals surface area contributed by atoms with Crippen LogP contribution in [-0.4, -0.2) is 11.9 Å². The average molecular weight is 241 g/mol. The van der Waals surface area contributed by atoms with Crippen LogP contribution in [-0.2, 0) is 4.79 Å². The van der Waals surface area contributed by atoms with Gasteiger partial charge in [0.1, 0.15) is 0 Å². The van der Waals surface area contributed by atoms with Gasteiger partial charge in [-0.05, 0) is 31.6 Å². The fraction of sp³-hybridized carbons (Fsp3) is 0.933. The Hall–Kier alpha value is -0.530. The molecular formula is C15H31NO. The molecule has 2 nitrogen and oxygen atoms in total. The third-order valence-corrected chi connectivity index (χ3v) is 3.84. The summed E-state index contributed by atoms with van der Waals surface area (Å²) in [6, 6.07) is 0.330. The van der Waals surface area contributed by atoms with Crippen molar-refractivity contribution in [1.82, 2.24) is 5.32 Å². The lowest BCUT2D eigenvalue weighted by Gasteiger charge is -2.21. The summed E-state index contributed by atoms with van der Waals surface area (Å²) in [6.07, 6.45) is 6.34. The van der Waals surface area contributed by atoms with Crippen molar-refractivity contribution in [2.24, 2.45) is 11.8 Å². The highest BCUT2D eigenvalue weighted by molar-refractivity contribution is 5.76. The van der Waals surface area contributed by atoms with Crippen LogP contribution in [0.2, 0.25) is 0 Å². The Kier molecular flexibility index (Phi) is 9.20. The summed E-state index contributed by atoms with van der Waals surface area (Å²) < 4.78 is 0. The van der Waals surface area contributed by atoms with E-state index in [1.54, 1.807) is 0 Å². The lowest BCUT2D eigenvalue weighted by Crippen LogP contribution is -2.32. The molecular weight excluding hydrogens is 210 g/mol. The molecule has 0 saturated heterocycles. The molecule has 102 valence electrons. The van der Waals surface area contributed by atoms with Crippen LogP contribution >= 0.6 is 0 Å². The Bertz CT molecular complexity index is 203. The molecule has 0 radical (unpaired) electrons. The van der Waals surface area contributed by atoms with Crippen molar-refractivity contribution >= 4 is 5.91 Å². The van der Waals surface area contributed by atoms with E-state index in [2.05, 4.69) is 39.9 Å². The molecule has 1 amide bonds. The molecule has 17 heavy (non-hydrogen) atoms. The van der Waals surface area contributed by atoms with Crippen LogP contribution in [0.1, 0.15) is 73.1 Å². The highest BCUT2D eigenvalue weighted by Gasteiger charge is 2.15. The zero-order valence-electron chi connectivity index (χ0n) is 12.4. The Morgan fingerprint density at radius 1 is 1.06 bits per heavy atom. The Morgan fingerprint density at radius 2 is 1.71 bits per heavy atom. The summed E-state index contributed by atoms with van der Waals surface area (Å²) in [7, 11) is 0. The quantitative estimate of drug-likeness (QED) is 0.645. The summed E-state index contributed by atoms with van der Waals surface area (Å²) >= 11 is 0. The van der Waals surface area contributed by atoms with Gasteiger partial charge in [0.15, 0.2) is 0 Å². The minimum absolute atomic E-state index is 0.229. The molecule has 0 saturated carbocycles. The van der Waals surface area contributed by atoms with Crippen molar-refractivity contribution < 1.29 is 4.79 Å². The van der Waals surface area contributed by atoms with Crippen molar-refractivity contribution in [1.29, 1.82) is 0 Å². The van der Waals surface area contributed by atoms with Crippen LogP contribution in [0.15, 0.2) is 0 Å². The molecule has 3 unspecified atom stereocenters. The number of hydrogen-bond acceptors (Lipinski definition) is 1. The molecule has 0 aromatic heterocycles. The van der Waals surface area contributed by atoms with Gasteiger partial charge in [0, 0.05) is 12.5 Å². The third kappa shape index (κ3) is 7.40. The van der Waals surface area contributed by atoms with Crippen LogP contribution in [0.4, 0.5) is 0 Å². The number of carbonyl (C=O) groups excluding carboxylic acids is 1. The summed E-state index contributed by atoms with van der Waals surface area (Å²) in [5, 5.41) is 3.08. The van der Waals surface area contributed by atoms with Crippen LogP contribution in [0, 0.1) is 11.8 Å². The molecule has 0 rings (SSSR count). The monoisotopic (exact) mass is 241 g/mol. The second-order valence-corrected chi connectivity index (χ2v) is 5.35. The summed E-state index contributed by atoms with van der Waals surface area (Å²) in [6.45, 7) is 11.0. The number of hydrogen-bond donors (Lipinski definition) is 1. The molecule has 0 aromatic carbocycles. The molecule has 0 bridgehead atoms. The van der Waals surface area contributed by atoms with Gasteiger partial charge in [0.25, 0.3) is 0 Å². The van der Waals surface area contributed by atoms with Crippen LogP contribution < -0.4 is 5.32 Å². The number of carbonyl (C=O) groups is 1. The van der Waals surface area contributed by atoms with E-state index in [1.165, 1.54) is 12.8 Å². The van der Waals surface area contributed by atoms with Gasteiger partial charge in [-0.2, -0.15) is 0 Å². The van der Waals surface area contributed by atoms with E-state index >= 15 is 0 Å². The first-order valence-electron chi connectivity index (χ1n) is 7.34. The molecule has 0 aliphatic rings. The van der Waals surface area contributed by atoms with E-state index in [1.807, 2.05) is 0 Å². The zero-order valence-corrected chi connectivity index (χ0v) is 12.4. The van der Waals surface area contributed by atoms with Gasteiger partial charge in [-0.1, -0.05) is 47.0 Å². The smallest absolute Gasteiger partial charge is 0.220 e. The summed E-state index contributed by atoms with van der Waals surface area (Å²) in [5.41, 5.74) is 0. The highest BCUT2D eigenvalue weighted by Crippen LogP contribution is 2.23. The first-order valence-corrected chi connectivity index (χ1v) is 7.34. The van der Waals surface area contributed by atoms with Crippen molar-refractivity contribution in [3.05, 3.63) is 0 Å². The summed E-state index contributed by atoms with van der Waals surface area (Å²) in [4.78, 5) is 11.7. The topological polar surface area (TPSA) is 29.1 Å². The minimum Gasteiger partial charge on any atom is -0.354 e. The number of nitrogens with one attached hydrogen (secondary N) is 1. The van der Waals surface area contributed by atoms with Crippen molar-refractivity contribution in [2.75, 3.05) is 0 Å². The molecule has 0 fully saturated rings. The maximum absolute atomic E-state index is 11.7. The van der Waals surface area contributed by atoms with Gasteiger partial charge in [-0.25, -0.2) is 0 Å². The van der Waals surface area contributed by atoms with Crippen LogP contribution in [0.25, 0.3) is 0 Å². The van der Waals surface area contributed by atoms with Crippen molar-refractivity contribution in [3.63, 3.8) is 0 Å². The second kappa shape index (κ2) is 9.49. The van der Waals surface area contributed by atoms with Crippen LogP contribution in [0.5, 0.6) is 0 Å². The molecule has 3 atom stereocenters. The van der Waals surface area contributed by atoms with Gasteiger partial charge in [-0.15, -0.1) is 0 Å².